The molecule has 162 valence electrons. The number of hydrogen-bond acceptors (Lipinski definition) is 4. The van der Waals surface area contributed by atoms with Crippen LogP contribution in [0.1, 0.15) is 38.2 Å². The third-order valence-corrected chi connectivity index (χ3v) is 5.63. The van der Waals surface area contributed by atoms with Crippen molar-refractivity contribution in [2.45, 2.75) is 45.2 Å². The van der Waals surface area contributed by atoms with Gasteiger partial charge in [0, 0.05) is 50.4 Å². The van der Waals surface area contributed by atoms with Crippen LogP contribution in [0.4, 0.5) is 5.69 Å². The number of hydrogen-bond donors (Lipinski definition) is 2. The van der Waals surface area contributed by atoms with Gasteiger partial charge in [-0.05, 0) is 43.5 Å². The van der Waals surface area contributed by atoms with Crippen molar-refractivity contribution in [2.75, 3.05) is 38.0 Å². The van der Waals surface area contributed by atoms with Crippen molar-refractivity contribution in [1.82, 2.24) is 9.80 Å². The molecule has 2 unspecified atom stereocenters. The fourth-order valence-corrected chi connectivity index (χ4v) is 3.93. The average Bonchev–Trinajstić information content (AvgIpc) is 2.64. The van der Waals surface area contributed by atoms with Gasteiger partial charge in [-0.1, -0.05) is 25.5 Å². The molecule has 0 bridgehead atoms. The lowest BCUT2D eigenvalue weighted by atomic mass is 9.85. The number of carbonyl (C=O) groups excluding carboxylic acids is 1. The summed E-state index contributed by atoms with van der Waals surface area (Å²) in [4.78, 5) is 17.4. The van der Waals surface area contributed by atoms with E-state index in [-0.39, 0.29) is 55.1 Å². The van der Waals surface area contributed by atoms with Crippen molar-refractivity contribution >= 4 is 48.8 Å². The SMILES string of the molecule is CCN1CCN(Cc2ccc(NC(=O)C3CCCC(N)C3)cc2)CC1.Cl.Cl.Cl. The van der Waals surface area contributed by atoms with E-state index < -0.39 is 0 Å². The van der Waals surface area contributed by atoms with Crippen LogP contribution in [0.5, 0.6) is 0 Å². The molecule has 1 saturated carbocycles. The second-order valence-electron chi connectivity index (χ2n) is 7.52. The van der Waals surface area contributed by atoms with E-state index in [2.05, 4.69) is 34.2 Å². The van der Waals surface area contributed by atoms with Gasteiger partial charge >= 0.3 is 0 Å². The van der Waals surface area contributed by atoms with Crippen molar-refractivity contribution in [3.63, 3.8) is 0 Å². The summed E-state index contributed by atoms with van der Waals surface area (Å²) in [5.74, 6) is 0.192. The molecule has 0 spiro atoms. The van der Waals surface area contributed by atoms with Crippen molar-refractivity contribution < 1.29 is 4.79 Å². The summed E-state index contributed by atoms with van der Waals surface area (Å²) in [5, 5.41) is 3.06. The van der Waals surface area contributed by atoms with Crippen LogP contribution < -0.4 is 11.1 Å². The molecule has 1 aromatic rings. The summed E-state index contributed by atoms with van der Waals surface area (Å²) in [6.07, 6.45) is 3.88. The molecule has 0 radical (unpaired) electrons. The topological polar surface area (TPSA) is 61.6 Å². The van der Waals surface area contributed by atoms with Gasteiger partial charge < -0.3 is 16.0 Å². The highest BCUT2D eigenvalue weighted by Gasteiger charge is 2.25. The Morgan fingerprint density at radius 2 is 1.64 bits per heavy atom. The Hall–Kier alpha value is -0.560. The second-order valence-corrected chi connectivity index (χ2v) is 7.52. The van der Waals surface area contributed by atoms with Crippen LogP contribution in [0.25, 0.3) is 0 Å². The van der Waals surface area contributed by atoms with Crippen LogP contribution in [-0.2, 0) is 11.3 Å². The van der Waals surface area contributed by atoms with Crippen molar-refractivity contribution in [2.24, 2.45) is 11.7 Å². The van der Waals surface area contributed by atoms with Crippen LogP contribution in [0.3, 0.4) is 0 Å². The predicted molar refractivity (Wildman–Crippen MR) is 124 cm³/mol. The fourth-order valence-electron chi connectivity index (χ4n) is 3.93. The van der Waals surface area contributed by atoms with Crippen LogP contribution >= 0.6 is 37.2 Å². The largest absolute Gasteiger partial charge is 0.328 e. The molecule has 1 aliphatic carbocycles. The molecular formula is C20H35Cl3N4O. The number of halogens is 3. The van der Waals surface area contributed by atoms with E-state index in [1.165, 1.54) is 5.56 Å². The first-order valence-electron chi connectivity index (χ1n) is 9.74. The van der Waals surface area contributed by atoms with E-state index in [9.17, 15) is 4.79 Å². The van der Waals surface area contributed by atoms with Crippen molar-refractivity contribution in [3.05, 3.63) is 29.8 Å². The van der Waals surface area contributed by atoms with E-state index in [1.54, 1.807) is 0 Å². The van der Waals surface area contributed by atoms with E-state index in [0.717, 1.165) is 70.6 Å². The van der Waals surface area contributed by atoms with Crippen LogP contribution in [0.15, 0.2) is 24.3 Å². The Labute approximate surface area is 188 Å². The highest BCUT2D eigenvalue weighted by molar-refractivity contribution is 5.92. The van der Waals surface area contributed by atoms with Crippen molar-refractivity contribution in [1.29, 1.82) is 0 Å². The van der Waals surface area contributed by atoms with Gasteiger partial charge in [0.05, 0.1) is 0 Å². The molecular weight excluding hydrogens is 419 g/mol. The smallest absolute Gasteiger partial charge is 0.227 e. The monoisotopic (exact) mass is 452 g/mol. The number of amides is 1. The standard InChI is InChI=1S/C20H32N4O.3ClH/c1-2-23-10-12-24(13-11-23)15-16-6-8-19(9-7-16)22-20(25)17-4-3-5-18(21)14-17;;;/h6-9,17-18H,2-5,10-15,21H2,1H3,(H,22,25);3*1H. The zero-order valence-electron chi connectivity index (χ0n) is 16.6. The minimum absolute atomic E-state index is 0. The number of anilines is 1. The number of benzene rings is 1. The Bertz CT molecular complexity index is 565. The van der Waals surface area contributed by atoms with Crippen LogP contribution in [-0.4, -0.2) is 54.5 Å². The number of nitrogens with zero attached hydrogens (tertiary/aromatic N) is 2. The van der Waals surface area contributed by atoms with Gasteiger partial charge in [-0.25, -0.2) is 0 Å². The lowest BCUT2D eigenvalue weighted by Crippen LogP contribution is -2.45. The Balaban J connectivity index is 0.00000243. The quantitative estimate of drug-likeness (QED) is 0.716. The number of piperazine rings is 1. The molecule has 3 rings (SSSR count). The lowest BCUT2D eigenvalue weighted by Gasteiger charge is -2.34. The number of nitrogens with two attached hydrogens (primary N) is 1. The lowest BCUT2D eigenvalue weighted by molar-refractivity contribution is -0.120. The van der Waals surface area contributed by atoms with Gasteiger partial charge in [0.1, 0.15) is 0 Å². The second kappa shape index (κ2) is 13.6. The highest BCUT2D eigenvalue weighted by Crippen LogP contribution is 2.24. The third kappa shape index (κ3) is 8.05. The molecule has 1 aromatic carbocycles. The van der Waals surface area contributed by atoms with E-state index in [4.69, 9.17) is 5.73 Å². The molecule has 2 atom stereocenters. The molecule has 2 fully saturated rings. The van der Waals surface area contributed by atoms with Gasteiger partial charge in [-0.15, -0.1) is 37.2 Å². The Morgan fingerprint density at radius 3 is 2.21 bits per heavy atom. The first-order chi connectivity index (χ1) is 12.1. The van der Waals surface area contributed by atoms with Crippen LogP contribution in [0, 0.1) is 5.92 Å². The number of carbonyl (C=O) groups is 1. The Kier molecular flexibility index (Phi) is 13.4. The van der Waals surface area contributed by atoms with Crippen LogP contribution in [0.2, 0.25) is 0 Å². The molecule has 1 aliphatic heterocycles. The van der Waals surface area contributed by atoms with Gasteiger partial charge in [-0.2, -0.15) is 0 Å². The molecule has 1 saturated heterocycles. The molecule has 8 heteroatoms. The Morgan fingerprint density at radius 1 is 1.04 bits per heavy atom. The third-order valence-electron chi connectivity index (χ3n) is 5.63. The van der Waals surface area contributed by atoms with Gasteiger partial charge in [-0.3, -0.25) is 9.69 Å². The maximum absolute atomic E-state index is 12.4. The molecule has 5 nitrogen and oxygen atoms in total. The first-order valence-corrected chi connectivity index (χ1v) is 9.74. The molecule has 28 heavy (non-hydrogen) atoms. The summed E-state index contributed by atoms with van der Waals surface area (Å²) in [7, 11) is 0. The normalized spacial score (nSPS) is 22.9. The average molecular weight is 454 g/mol. The number of rotatable bonds is 5. The van der Waals surface area contributed by atoms with E-state index >= 15 is 0 Å². The number of likely N-dealkylation sites (N-methyl/N-ethyl adjacent to an activating group) is 1. The van der Waals surface area contributed by atoms with Crippen molar-refractivity contribution in [3.8, 4) is 0 Å². The minimum Gasteiger partial charge on any atom is -0.328 e. The summed E-state index contributed by atoms with van der Waals surface area (Å²) < 4.78 is 0. The maximum atomic E-state index is 12.4. The highest BCUT2D eigenvalue weighted by atomic mass is 35.5. The summed E-state index contributed by atoms with van der Waals surface area (Å²) >= 11 is 0. The van der Waals surface area contributed by atoms with Gasteiger partial charge in [0.25, 0.3) is 0 Å². The summed E-state index contributed by atoms with van der Waals surface area (Å²) in [6.45, 7) is 8.95. The minimum atomic E-state index is 0. The fraction of sp³-hybridized carbons (Fsp3) is 0.650. The molecule has 2 aliphatic rings. The summed E-state index contributed by atoms with van der Waals surface area (Å²) in [5.41, 5.74) is 8.20. The van der Waals surface area contributed by atoms with Gasteiger partial charge in [0.15, 0.2) is 0 Å². The van der Waals surface area contributed by atoms with Gasteiger partial charge in [0.2, 0.25) is 5.91 Å². The molecule has 1 heterocycles. The summed E-state index contributed by atoms with van der Waals surface area (Å²) in [6, 6.07) is 8.50. The van der Waals surface area contributed by atoms with E-state index in [0.29, 0.717) is 0 Å². The maximum Gasteiger partial charge on any atom is 0.227 e. The zero-order chi connectivity index (χ0) is 17.6. The predicted octanol–water partition coefficient (Wildman–Crippen LogP) is 3.55. The van der Waals surface area contributed by atoms with E-state index in [1.807, 2.05) is 12.1 Å². The molecule has 3 N–H and O–H groups in total. The number of nitrogens with one attached hydrogen (secondary N) is 1. The molecule has 1 amide bonds. The zero-order valence-corrected chi connectivity index (χ0v) is 19.1. The molecule has 0 aromatic heterocycles. The first kappa shape index (κ1) is 27.4.